The van der Waals surface area contributed by atoms with Gasteiger partial charge < -0.3 is 4.90 Å². The number of halogens is 1. The van der Waals surface area contributed by atoms with Crippen molar-refractivity contribution in [3.05, 3.63) is 66.2 Å². The van der Waals surface area contributed by atoms with E-state index in [0.29, 0.717) is 23.1 Å². The highest BCUT2D eigenvalue weighted by atomic mass is 35.5. The molecule has 0 bridgehead atoms. The highest BCUT2D eigenvalue weighted by molar-refractivity contribution is 8.00. The van der Waals surface area contributed by atoms with Crippen LogP contribution in [0.25, 0.3) is 5.69 Å². The zero-order valence-corrected chi connectivity index (χ0v) is 15.2. The van der Waals surface area contributed by atoms with E-state index in [1.54, 1.807) is 28.2 Å². The van der Waals surface area contributed by atoms with Crippen molar-refractivity contribution >= 4 is 35.0 Å². The van der Waals surface area contributed by atoms with Crippen LogP contribution in [-0.4, -0.2) is 33.0 Å². The molecule has 3 rings (SSSR count). The van der Waals surface area contributed by atoms with Crippen LogP contribution in [0, 0.1) is 0 Å². The molecule has 3 aromatic rings. The number of nitrogens with zero attached hydrogens (tertiary/aromatic N) is 4. The Morgan fingerprint density at radius 2 is 2.04 bits per heavy atom. The minimum Gasteiger partial charge on any atom is -0.308 e. The summed E-state index contributed by atoms with van der Waals surface area (Å²) in [6, 6.07) is 13.5. The van der Waals surface area contributed by atoms with Crippen LogP contribution < -0.4 is 4.90 Å². The summed E-state index contributed by atoms with van der Waals surface area (Å²) in [7, 11) is 0. The molecular formula is C18H17ClN4OS. The summed E-state index contributed by atoms with van der Waals surface area (Å²) < 4.78 is 1.63. The zero-order valence-electron chi connectivity index (χ0n) is 13.7. The highest BCUT2D eigenvalue weighted by Gasteiger charge is 2.20. The summed E-state index contributed by atoms with van der Waals surface area (Å²) in [5.41, 5.74) is 1.39. The van der Waals surface area contributed by atoms with Gasteiger partial charge in [0, 0.05) is 17.6 Å². The van der Waals surface area contributed by atoms with E-state index in [2.05, 4.69) is 10.1 Å². The molecule has 2 aromatic heterocycles. The van der Waals surface area contributed by atoms with Gasteiger partial charge >= 0.3 is 0 Å². The Labute approximate surface area is 155 Å². The fraction of sp³-hybridized carbons (Fsp3) is 0.167. The predicted octanol–water partition coefficient (Wildman–Crippen LogP) is 4.07. The molecule has 0 saturated heterocycles. The maximum Gasteiger partial charge on any atom is 0.237 e. The molecule has 5 nitrogen and oxygen atoms in total. The lowest BCUT2D eigenvalue weighted by Crippen LogP contribution is -2.32. The van der Waals surface area contributed by atoms with Gasteiger partial charge in [-0.2, -0.15) is 5.10 Å². The molecule has 0 radical (unpaired) electrons. The molecule has 0 unspecified atom stereocenters. The van der Waals surface area contributed by atoms with Crippen molar-refractivity contribution in [2.75, 3.05) is 17.2 Å². The molecule has 128 valence electrons. The third-order valence-electron chi connectivity index (χ3n) is 3.58. The lowest BCUT2D eigenvalue weighted by molar-refractivity contribution is -0.116. The Morgan fingerprint density at radius 1 is 1.24 bits per heavy atom. The van der Waals surface area contributed by atoms with E-state index < -0.39 is 0 Å². The molecule has 0 fully saturated rings. The molecule has 1 aromatic carbocycles. The maximum atomic E-state index is 12.6. The normalized spacial score (nSPS) is 10.6. The van der Waals surface area contributed by atoms with Gasteiger partial charge in [0.2, 0.25) is 5.91 Å². The van der Waals surface area contributed by atoms with Crippen molar-refractivity contribution in [3.63, 3.8) is 0 Å². The number of rotatable bonds is 6. The van der Waals surface area contributed by atoms with Gasteiger partial charge in [-0.25, -0.2) is 4.68 Å². The third kappa shape index (κ3) is 4.21. The number of hydrogen-bond donors (Lipinski definition) is 0. The Bertz CT molecular complexity index is 839. The van der Waals surface area contributed by atoms with Crippen LogP contribution in [0.2, 0.25) is 5.15 Å². The lowest BCUT2D eigenvalue weighted by atomic mass is 10.4. The first kappa shape index (κ1) is 17.5. The Kier molecular flexibility index (Phi) is 5.73. The van der Waals surface area contributed by atoms with Crippen molar-refractivity contribution in [2.45, 2.75) is 11.8 Å². The standard InChI is InChI=1S/C18H17ClN4OS/c1-2-22(17(24)13-25-15-8-4-3-5-9-15)16-12-23(21-18(16)19)14-7-6-10-20-11-14/h3-12H,2,13H2,1H3. The first-order valence-electron chi connectivity index (χ1n) is 7.83. The highest BCUT2D eigenvalue weighted by Crippen LogP contribution is 2.27. The quantitative estimate of drug-likeness (QED) is 0.612. The molecule has 1 amide bonds. The number of thioether (sulfide) groups is 1. The van der Waals surface area contributed by atoms with Crippen LogP contribution in [0.15, 0.2) is 66.0 Å². The second-order valence-corrected chi connectivity index (χ2v) is 6.61. The monoisotopic (exact) mass is 372 g/mol. The van der Waals surface area contributed by atoms with Gasteiger partial charge in [0.1, 0.15) is 5.69 Å². The Balaban J connectivity index is 1.76. The maximum absolute atomic E-state index is 12.6. The van der Waals surface area contributed by atoms with Crippen molar-refractivity contribution in [1.29, 1.82) is 0 Å². The topological polar surface area (TPSA) is 51.0 Å². The van der Waals surface area contributed by atoms with Crippen LogP contribution in [0.1, 0.15) is 6.92 Å². The van der Waals surface area contributed by atoms with Crippen molar-refractivity contribution in [2.24, 2.45) is 0 Å². The van der Waals surface area contributed by atoms with Gasteiger partial charge in [-0.15, -0.1) is 11.8 Å². The van der Waals surface area contributed by atoms with Gasteiger partial charge in [0.15, 0.2) is 5.15 Å². The second-order valence-electron chi connectivity index (χ2n) is 5.20. The van der Waals surface area contributed by atoms with E-state index in [-0.39, 0.29) is 5.91 Å². The van der Waals surface area contributed by atoms with Crippen LogP contribution >= 0.6 is 23.4 Å². The van der Waals surface area contributed by atoms with Crippen LogP contribution in [0.4, 0.5) is 5.69 Å². The number of amides is 1. The lowest BCUT2D eigenvalue weighted by Gasteiger charge is -2.19. The van der Waals surface area contributed by atoms with E-state index in [1.165, 1.54) is 11.8 Å². The van der Waals surface area contributed by atoms with Gasteiger partial charge in [-0.05, 0) is 31.2 Å². The van der Waals surface area contributed by atoms with Crippen molar-refractivity contribution < 1.29 is 4.79 Å². The first-order valence-corrected chi connectivity index (χ1v) is 9.19. The van der Waals surface area contributed by atoms with E-state index in [4.69, 9.17) is 11.6 Å². The molecule has 0 spiro atoms. The Hall–Kier alpha value is -2.31. The molecule has 0 atom stereocenters. The summed E-state index contributed by atoms with van der Waals surface area (Å²) in [5.74, 6) is 0.329. The van der Waals surface area contributed by atoms with Gasteiger partial charge in [0.25, 0.3) is 0 Å². The van der Waals surface area contributed by atoms with Crippen LogP contribution in [0.3, 0.4) is 0 Å². The molecule has 0 N–H and O–H groups in total. The van der Waals surface area contributed by atoms with E-state index in [0.717, 1.165) is 10.6 Å². The summed E-state index contributed by atoms with van der Waals surface area (Å²) in [4.78, 5) is 19.4. The number of hydrogen-bond acceptors (Lipinski definition) is 4. The number of pyridine rings is 1. The summed E-state index contributed by atoms with van der Waals surface area (Å²) in [6.07, 6.45) is 5.14. The molecular weight excluding hydrogens is 356 g/mol. The predicted molar refractivity (Wildman–Crippen MR) is 102 cm³/mol. The van der Waals surface area contributed by atoms with E-state index in [1.807, 2.05) is 49.4 Å². The average Bonchev–Trinajstić information content (AvgIpc) is 3.04. The number of aromatic nitrogens is 3. The fourth-order valence-electron chi connectivity index (χ4n) is 2.37. The molecule has 25 heavy (non-hydrogen) atoms. The van der Waals surface area contributed by atoms with Gasteiger partial charge in [-0.1, -0.05) is 29.8 Å². The molecule has 7 heteroatoms. The molecule has 2 heterocycles. The second kappa shape index (κ2) is 8.18. The van der Waals surface area contributed by atoms with Gasteiger partial charge in [0.05, 0.1) is 23.8 Å². The zero-order chi connectivity index (χ0) is 17.6. The van der Waals surface area contributed by atoms with Crippen molar-refractivity contribution in [1.82, 2.24) is 14.8 Å². The van der Waals surface area contributed by atoms with E-state index >= 15 is 0 Å². The molecule has 0 aliphatic heterocycles. The summed E-state index contributed by atoms with van der Waals surface area (Å²) in [6.45, 7) is 2.44. The molecule has 0 saturated carbocycles. The molecule has 0 aliphatic rings. The smallest absolute Gasteiger partial charge is 0.237 e. The number of anilines is 1. The minimum atomic E-state index is -0.0102. The van der Waals surface area contributed by atoms with Gasteiger partial charge in [-0.3, -0.25) is 9.78 Å². The largest absolute Gasteiger partial charge is 0.308 e. The fourth-order valence-corrected chi connectivity index (χ4v) is 3.39. The summed E-state index contributed by atoms with van der Waals surface area (Å²) in [5, 5.41) is 4.59. The number of carbonyl (C=O) groups excluding carboxylic acids is 1. The van der Waals surface area contributed by atoms with Crippen molar-refractivity contribution in [3.8, 4) is 5.69 Å². The minimum absolute atomic E-state index is 0.0102. The van der Waals surface area contributed by atoms with E-state index in [9.17, 15) is 4.79 Å². The molecule has 0 aliphatic carbocycles. The van der Waals surface area contributed by atoms with Crippen LogP contribution in [-0.2, 0) is 4.79 Å². The number of benzene rings is 1. The summed E-state index contributed by atoms with van der Waals surface area (Å²) >= 11 is 7.78. The first-order chi connectivity index (χ1) is 12.2. The Morgan fingerprint density at radius 3 is 2.72 bits per heavy atom. The average molecular weight is 373 g/mol. The number of carbonyl (C=O) groups is 1. The third-order valence-corrected chi connectivity index (χ3v) is 4.84. The SMILES string of the molecule is CCN(C(=O)CSc1ccccc1)c1cn(-c2cccnc2)nc1Cl. The van der Waals surface area contributed by atoms with Crippen LogP contribution in [0.5, 0.6) is 0 Å².